The molecule has 0 bridgehead atoms. The van der Waals surface area contributed by atoms with Gasteiger partial charge in [0.15, 0.2) is 17.2 Å². The number of likely N-dealkylation sites (tertiary alicyclic amines) is 1. The van der Waals surface area contributed by atoms with Crippen molar-refractivity contribution in [2.45, 2.75) is 25.0 Å². The number of amides is 1. The van der Waals surface area contributed by atoms with Gasteiger partial charge in [-0.05, 0) is 18.2 Å². The standard InChI is InChI=1S/C21H20F2N10O2/c1-31-10-7-21(35,19(31)34)15-11-33(30-28-15)18-4-2-3-13(25-18)14-5-8-24-20(26-14)27-17-6-9-32(29-17)12-16(22)23/h2-6,8-9,11,16,35H,7,10,12H2,1H3,(H,24,26,27,29)/t21-/m1/s1. The van der Waals surface area contributed by atoms with Crippen LogP contribution in [0.4, 0.5) is 20.5 Å². The van der Waals surface area contributed by atoms with Crippen LogP contribution in [0.2, 0.25) is 0 Å². The normalized spacial score (nSPS) is 18.0. The Balaban J connectivity index is 1.37. The molecular formula is C21H20F2N10O2. The molecule has 4 aromatic rings. The summed E-state index contributed by atoms with van der Waals surface area (Å²) in [5, 5.41) is 25.7. The lowest BCUT2D eigenvalue weighted by atomic mass is 9.99. The van der Waals surface area contributed by atoms with Crippen LogP contribution < -0.4 is 5.32 Å². The van der Waals surface area contributed by atoms with E-state index >= 15 is 0 Å². The van der Waals surface area contributed by atoms with Gasteiger partial charge in [-0.3, -0.25) is 9.48 Å². The number of hydrogen-bond acceptors (Lipinski definition) is 9. The van der Waals surface area contributed by atoms with Crippen LogP contribution in [0.3, 0.4) is 0 Å². The number of hydrogen-bond donors (Lipinski definition) is 2. The fourth-order valence-electron chi connectivity index (χ4n) is 3.70. The van der Waals surface area contributed by atoms with Crippen molar-refractivity contribution < 1.29 is 18.7 Å². The Morgan fingerprint density at radius 1 is 1.20 bits per heavy atom. The summed E-state index contributed by atoms with van der Waals surface area (Å²) in [7, 11) is 1.62. The average Bonchev–Trinajstić information content (AvgIpc) is 3.57. The Hall–Kier alpha value is -4.33. The van der Waals surface area contributed by atoms with Gasteiger partial charge in [0.25, 0.3) is 12.3 Å². The van der Waals surface area contributed by atoms with E-state index in [1.807, 2.05) is 0 Å². The number of aliphatic hydroxyl groups is 1. The highest BCUT2D eigenvalue weighted by Gasteiger charge is 2.47. The van der Waals surface area contributed by atoms with E-state index in [0.29, 0.717) is 29.6 Å². The quantitative estimate of drug-likeness (QED) is 0.400. The van der Waals surface area contributed by atoms with Gasteiger partial charge in [-0.2, -0.15) is 5.10 Å². The summed E-state index contributed by atoms with van der Waals surface area (Å²) in [4.78, 5) is 26.9. The highest BCUT2D eigenvalue weighted by atomic mass is 19.3. The smallest absolute Gasteiger partial charge is 0.260 e. The number of nitrogens with zero attached hydrogens (tertiary/aromatic N) is 9. The van der Waals surface area contributed by atoms with Crippen LogP contribution in [-0.4, -0.2) is 75.7 Å². The predicted octanol–water partition coefficient (Wildman–Crippen LogP) is 1.37. The van der Waals surface area contributed by atoms with E-state index in [4.69, 9.17) is 0 Å². The molecule has 12 nitrogen and oxygen atoms in total. The number of halogens is 2. The molecule has 0 saturated carbocycles. The number of carbonyl (C=O) groups is 1. The van der Waals surface area contributed by atoms with E-state index in [2.05, 4.69) is 35.7 Å². The summed E-state index contributed by atoms with van der Waals surface area (Å²) in [6, 6.07) is 8.40. The number of likely N-dealkylation sites (N-methyl/N-ethyl adjacent to an activating group) is 1. The van der Waals surface area contributed by atoms with Gasteiger partial charge >= 0.3 is 0 Å². The minimum atomic E-state index is -2.51. The zero-order chi connectivity index (χ0) is 24.6. The van der Waals surface area contributed by atoms with Gasteiger partial charge in [-0.15, -0.1) is 5.10 Å². The zero-order valence-electron chi connectivity index (χ0n) is 18.5. The maximum atomic E-state index is 12.5. The lowest BCUT2D eigenvalue weighted by Gasteiger charge is -2.17. The molecule has 1 atom stereocenters. The van der Waals surface area contributed by atoms with Crippen molar-refractivity contribution in [2.75, 3.05) is 18.9 Å². The molecule has 0 radical (unpaired) electrons. The molecule has 0 spiro atoms. The molecule has 0 aliphatic carbocycles. The van der Waals surface area contributed by atoms with Crippen LogP contribution in [0.25, 0.3) is 17.2 Å². The number of pyridine rings is 1. The molecular weight excluding hydrogens is 462 g/mol. The first-order valence-electron chi connectivity index (χ1n) is 10.6. The van der Waals surface area contributed by atoms with Gasteiger partial charge in [0.1, 0.15) is 12.2 Å². The third-order valence-electron chi connectivity index (χ3n) is 5.52. The van der Waals surface area contributed by atoms with Crippen LogP contribution >= 0.6 is 0 Å². The Kier molecular flexibility index (Phi) is 5.64. The van der Waals surface area contributed by atoms with Gasteiger partial charge in [0, 0.05) is 38.5 Å². The first-order valence-corrected chi connectivity index (χ1v) is 10.6. The molecule has 5 rings (SSSR count). The van der Waals surface area contributed by atoms with Gasteiger partial charge in [0.2, 0.25) is 5.95 Å². The second kappa shape index (κ2) is 8.79. The third kappa shape index (κ3) is 4.42. The van der Waals surface area contributed by atoms with Gasteiger partial charge in [-0.25, -0.2) is 28.4 Å². The van der Waals surface area contributed by atoms with Gasteiger partial charge < -0.3 is 15.3 Å². The topological polar surface area (TPSA) is 140 Å². The molecule has 2 N–H and O–H groups in total. The molecule has 1 fully saturated rings. The van der Waals surface area contributed by atoms with Crippen molar-refractivity contribution in [1.29, 1.82) is 0 Å². The molecule has 0 aromatic carbocycles. The van der Waals surface area contributed by atoms with Crippen LogP contribution in [0.1, 0.15) is 12.1 Å². The van der Waals surface area contributed by atoms with E-state index in [1.165, 1.54) is 28.2 Å². The highest BCUT2D eigenvalue weighted by Crippen LogP contribution is 2.31. The molecule has 1 amide bonds. The molecule has 5 heterocycles. The van der Waals surface area contributed by atoms with Crippen molar-refractivity contribution in [3.8, 4) is 17.2 Å². The summed E-state index contributed by atoms with van der Waals surface area (Å²) in [5.74, 6) is 0.518. The van der Waals surface area contributed by atoms with E-state index in [1.54, 1.807) is 37.4 Å². The fraction of sp³-hybridized carbons (Fsp3) is 0.286. The third-order valence-corrected chi connectivity index (χ3v) is 5.52. The molecule has 180 valence electrons. The number of alkyl halides is 2. The Labute approximate surface area is 197 Å². The Morgan fingerprint density at radius 3 is 2.80 bits per heavy atom. The molecule has 14 heteroatoms. The lowest BCUT2D eigenvalue weighted by molar-refractivity contribution is -0.143. The molecule has 1 aliphatic heterocycles. The molecule has 0 unspecified atom stereocenters. The fourth-order valence-corrected chi connectivity index (χ4v) is 3.70. The van der Waals surface area contributed by atoms with Crippen LogP contribution in [-0.2, 0) is 16.9 Å². The van der Waals surface area contributed by atoms with E-state index in [-0.39, 0.29) is 18.1 Å². The SMILES string of the molecule is CN1CC[C@@](O)(c2cn(-c3cccc(-c4ccnc(Nc5ccn(CC(F)F)n5)n4)n3)nn2)C1=O. The Bertz CT molecular complexity index is 1370. The highest BCUT2D eigenvalue weighted by molar-refractivity contribution is 5.87. The van der Waals surface area contributed by atoms with Gasteiger partial charge in [-0.1, -0.05) is 11.3 Å². The lowest BCUT2D eigenvalue weighted by Crippen LogP contribution is -2.36. The van der Waals surface area contributed by atoms with Gasteiger partial charge in [0.05, 0.1) is 17.6 Å². The summed E-state index contributed by atoms with van der Waals surface area (Å²) in [5.41, 5.74) is -0.564. The number of nitrogens with one attached hydrogen (secondary N) is 1. The Morgan fingerprint density at radius 2 is 2.03 bits per heavy atom. The van der Waals surface area contributed by atoms with Crippen molar-refractivity contribution in [1.82, 2.24) is 44.6 Å². The number of anilines is 2. The van der Waals surface area contributed by atoms with Crippen molar-refractivity contribution in [2.24, 2.45) is 0 Å². The summed E-state index contributed by atoms with van der Waals surface area (Å²) >= 11 is 0. The summed E-state index contributed by atoms with van der Waals surface area (Å²) in [6.07, 6.45) is 2.16. The molecule has 1 saturated heterocycles. The minimum Gasteiger partial charge on any atom is -0.374 e. The maximum absolute atomic E-state index is 12.5. The average molecular weight is 482 g/mol. The largest absolute Gasteiger partial charge is 0.374 e. The number of aromatic nitrogens is 8. The van der Waals surface area contributed by atoms with E-state index < -0.39 is 24.5 Å². The maximum Gasteiger partial charge on any atom is 0.260 e. The predicted molar refractivity (Wildman–Crippen MR) is 118 cm³/mol. The molecule has 4 aromatic heterocycles. The minimum absolute atomic E-state index is 0.152. The zero-order valence-corrected chi connectivity index (χ0v) is 18.5. The second-order valence-electron chi connectivity index (χ2n) is 7.97. The van der Waals surface area contributed by atoms with Crippen molar-refractivity contribution in [3.63, 3.8) is 0 Å². The van der Waals surface area contributed by atoms with Crippen molar-refractivity contribution in [3.05, 3.63) is 54.6 Å². The summed E-state index contributed by atoms with van der Waals surface area (Å²) < 4.78 is 27.6. The van der Waals surface area contributed by atoms with E-state index in [9.17, 15) is 18.7 Å². The monoisotopic (exact) mass is 482 g/mol. The van der Waals surface area contributed by atoms with E-state index in [0.717, 1.165) is 4.68 Å². The second-order valence-corrected chi connectivity index (χ2v) is 7.97. The summed E-state index contributed by atoms with van der Waals surface area (Å²) in [6.45, 7) is -0.0853. The van der Waals surface area contributed by atoms with Crippen LogP contribution in [0, 0.1) is 0 Å². The van der Waals surface area contributed by atoms with Crippen LogP contribution in [0.5, 0.6) is 0 Å². The van der Waals surface area contributed by atoms with Crippen molar-refractivity contribution >= 4 is 17.7 Å². The first-order chi connectivity index (χ1) is 16.8. The number of carbonyl (C=O) groups excluding carboxylic acids is 1. The molecule has 1 aliphatic rings. The number of rotatable bonds is 7. The molecule has 35 heavy (non-hydrogen) atoms. The van der Waals surface area contributed by atoms with Crippen LogP contribution in [0.15, 0.2) is 48.9 Å². The first kappa shape index (κ1) is 22.5.